The maximum Gasteiger partial charge on any atom is 0.306 e. The number of aliphatic carboxylic acids is 1. The second kappa shape index (κ2) is 6.88. The first-order valence-electron chi connectivity index (χ1n) is 11.2. The Bertz CT molecular complexity index is 609. The van der Waals surface area contributed by atoms with Crippen molar-refractivity contribution in [3.8, 4) is 0 Å². The van der Waals surface area contributed by atoms with Crippen molar-refractivity contribution in [3.63, 3.8) is 0 Å². The minimum atomic E-state index is -0.712. The molecule has 0 amide bonds. The molecular weight excluding hydrogens is 336 g/mol. The average Bonchev–Trinajstić information content (AvgIpc) is 2.56. The van der Waals surface area contributed by atoms with Gasteiger partial charge in [-0.3, -0.25) is 9.59 Å². The summed E-state index contributed by atoms with van der Waals surface area (Å²) in [5.74, 6) is 0.954. The van der Waals surface area contributed by atoms with E-state index in [0.29, 0.717) is 35.4 Å². The van der Waals surface area contributed by atoms with E-state index in [2.05, 4.69) is 34.6 Å². The second-order valence-corrected chi connectivity index (χ2v) is 11.4. The molecule has 0 radical (unpaired) electrons. The molecule has 1 N–H and O–H groups in total. The first-order valence-corrected chi connectivity index (χ1v) is 11.2. The zero-order valence-electron chi connectivity index (χ0n) is 18.3. The zero-order valence-corrected chi connectivity index (χ0v) is 18.3. The van der Waals surface area contributed by atoms with E-state index in [1.165, 1.54) is 32.1 Å². The van der Waals surface area contributed by atoms with Gasteiger partial charge in [0.15, 0.2) is 0 Å². The Kier molecular flexibility index (Phi) is 5.32. The van der Waals surface area contributed by atoms with Crippen LogP contribution in [0.2, 0.25) is 0 Å². The molecule has 7 atom stereocenters. The fraction of sp³-hybridized carbons (Fsp3) is 0.917. The first-order chi connectivity index (χ1) is 12.4. The van der Waals surface area contributed by atoms with Gasteiger partial charge in [-0.25, -0.2) is 0 Å². The largest absolute Gasteiger partial charge is 0.481 e. The molecule has 0 saturated heterocycles. The number of ketones is 1. The lowest BCUT2D eigenvalue weighted by Gasteiger charge is -2.66. The highest BCUT2D eigenvalue weighted by molar-refractivity contribution is 5.82. The van der Waals surface area contributed by atoms with Crippen molar-refractivity contribution >= 4 is 11.8 Å². The number of carboxylic acids is 1. The average molecular weight is 377 g/mol. The summed E-state index contributed by atoms with van der Waals surface area (Å²) in [6, 6.07) is 0. The molecule has 3 aliphatic rings. The van der Waals surface area contributed by atoms with Gasteiger partial charge in [0.1, 0.15) is 5.78 Å². The summed E-state index contributed by atoms with van der Waals surface area (Å²) in [7, 11) is 0. The summed E-state index contributed by atoms with van der Waals surface area (Å²) in [4.78, 5) is 24.4. The molecule has 0 aliphatic heterocycles. The van der Waals surface area contributed by atoms with E-state index in [-0.39, 0.29) is 22.7 Å². The number of fused-ring (bicyclic) bond motifs is 3. The lowest BCUT2D eigenvalue weighted by Crippen LogP contribution is -2.60. The highest BCUT2D eigenvalue weighted by Crippen LogP contribution is 2.69. The third-order valence-electron chi connectivity index (χ3n) is 9.54. The Labute approximate surface area is 165 Å². The normalized spacial score (nSPS) is 44.9. The minimum Gasteiger partial charge on any atom is -0.481 e. The van der Waals surface area contributed by atoms with Crippen molar-refractivity contribution < 1.29 is 14.7 Å². The molecule has 3 fully saturated rings. The topological polar surface area (TPSA) is 54.4 Å². The van der Waals surface area contributed by atoms with Crippen molar-refractivity contribution in [1.82, 2.24) is 0 Å². The van der Waals surface area contributed by atoms with Gasteiger partial charge in [-0.05, 0) is 72.5 Å². The maximum absolute atomic E-state index is 13.0. The summed E-state index contributed by atoms with van der Waals surface area (Å²) >= 11 is 0. The molecule has 0 heterocycles. The Morgan fingerprint density at radius 2 is 1.78 bits per heavy atom. The van der Waals surface area contributed by atoms with Gasteiger partial charge in [-0.1, -0.05) is 48.0 Å². The minimum absolute atomic E-state index is 0.0731. The Morgan fingerprint density at radius 1 is 1.11 bits per heavy atom. The van der Waals surface area contributed by atoms with Crippen LogP contribution in [0.5, 0.6) is 0 Å². The van der Waals surface area contributed by atoms with E-state index >= 15 is 0 Å². The van der Waals surface area contributed by atoms with Crippen LogP contribution in [0.4, 0.5) is 0 Å². The van der Waals surface area contributed by atoms with Crippen LogP contribution < -0.4 is 0 Å². The molecule has 0 aromatic carbocycles. The zero-order chi connectivity index (χ0) is 20.2. The summed E-state index contributed by atoms with van der Waals surface area (Å²) < 4.78 is 0. The van der Waals surface area contributed by atoms with E-state index < -0.39 is 5.97 Å². The molecule has 0 bridgehead atoms. The van der Waals surface area contributed by atoms with Gasteiger partial charge >= 0.3 is 5.97 Å². The Balaban J connectivity index is 1.92. The number of hydrogen-bond donors (Lipinski definition) is 1. The predicted octanol–water partition coefficient (Wildman–Crippen LogP) is 5.96. The summed E-state index contributed by atoms with van der Waals surface area (Å²) in [6.07, 6.45) is 8.60. The van der Waals surface area contributed by atoms with Gasteiger partial charge in [0.05, 0.1) is 5.92 Å². The van der Waals surface area contributed by atoms with E-state index in [4.69, 9.17) is 0 Å². The summed E-state index contributed by atoms with van der Waals surface area (Å²) in [5, 5.41) is 9.31. The first kappa shape index (κ1) is 20.9. The Hall–Kier alpha value is -0.860. The molecule has 0 aromatic rings. The number of carboxylic acid groups (broad SMARTS) is 1. The van der Waals surface area contributed by atoms with E-state index in [9.17, 15) is 14.7 Å². The molecule has 3 rings (SSSR count). The van der Waals surface area contributed by atoms with Gasteiger partial charge < -0.3 is 5.11 Å². The van der Waals surface area contributed by atoms with Crippen LogP contribution in [0.15, 0.2) is 0 Å². The van der Waals surface area contributed by atoms with Crippen molar-refractivity contribution in [2.24, 2.45) is 45.8 Å². The molecular formula is C24H40O3. The molecule has 154 valence electrons. The monoisotopic (exact) mass is 376 g/mol. The van der Waals surface area contributed by atoms with Crippen molar-refractivity contribution in [2.45, 2.75) is 92.9 Å². The highest BCUT2D eigenvalue weighted by atomic mass is 16.4. The van der Waals surface area contributed by atoms with Gasteiger partial charge in [-0.2, -0.15) is 0 Å². The quantitative estimate of drug-likeness (QED) is 0.658. The number of carbonyl (C=O) groups excluding carboxylic acids is 1. The van der Waals surface area contributed by atoms with Crippen LogP contribution in [0.25, 0.3) is 0 Å². The lowest BCUT2D eigenvalue weighted by molar-refractivity contribution is -0.180. The van der Waals surface area contributed by atoms with Gasteiger partial charge in [0.25, 0.3) is 0 Å². The highest BCUT2D eigenvalue weighted by Gasteiger charge is 2.62. The number of carbonyl (C=O) groups is 2. The number of rotatable bonds is 4. The third-order valence-corrected chi connectivity index (χ3v) is 9.54. The van der Waals surface area contributed by atoms with Gasteiger partial charge in [0.2, 0.25) is 0 Å². The van der Waals surface area contributed by atoms with Crippen LogP contribution >= 0.6 is 0 Å². The molecule has 0 aromatic heterocycles. The maximum atomic E-state index is 13.0. The molecule has 3 nitrogen and oxygen atoms in total. The number of hydrogen-bond acceptors (Lipinski definition) is 2. The van der Waals surface area contributed by atoms with Crippen LogP contribution in [0.3, 0.4) is 0 Å². The predicted molar refractivity (Wildman–Crippen MR) is 108 cm³/mol. The van der Waals surface area contributed by atoms with Crippen LogP contribution in [-0.4, -0.2) is 16.9 Å². The summed E-state index contributed by atoms with van der Waals surface area (Å²) in [5.41, 5.74) is 0.791. The molecule has 0 spiro atoms. The van der Waals surface area contributed by atoms with Crippen LogP contribution in [-0.2, 0) is 9.59 Å². The smallest absolute Gasteiger partial charge is 0.306 e. The molecule has 1 unspecified atom stereocenters. The number of Topliss-reactive ketones (excluding diaryl/α,β-unsaturated/α-hetero) is 1. The van der Waals surface area contributed by atoms with Crippen molar-refractivity contribution in [3.05, 3.63) is 0 Å². The lowest BCUT2D eigenvalue weighted by atomic mass is 9.38. The van der Waals surface area contributed by atoms with Gasteiger partial charge in [0, 0.05) is 12.3 Å². The van der Waals surface area contributed by atoms with E-state index in [0.717, 1.165) is 12.8 Å². The van der Waals surface area contributed by atoms with Crippen LogP contribution in [0, 0.1) is 45.8 Å². The fourth-order valence-electron chi connectivity index (χ4n) is 7.91. The van der Waals surface area contributed by atoms with Crippen LogP contribution in [0.1, 0.15) is 92.9 Å². The fourth-order valence-corrected chi connectivity index (χ4v) is 7.91. The standard InChI is InChI=1S/C24H40O3/c1-15(21(26)27)8-9-17-16(2)18(25)14-20-23(17,5)13-10-19-22(3,4)11-7-12-24(19,20)6/h15-17,19-20H,7-14H2,1-6H3,(H,26,27)/t15?,16-,17-,19+,20+,23+,24+/m1/s1. The van der Waals surface area contributed by atoms with E-state index in [1.54, 1.807) is 6.92 Å². The van der Waals surface area contributed by atoms with Crippen molar-refractivity contribution in [2.75, 3.05) is 0 Å². The summed E-state index contributed by atoms with van der Waals surface area (Å²) in [6.45, 7) is 13.7. The molecule has 27 heavy (non-hydrogen) atoms. The molecule has 3 saturated carbocycles. The molecule has 3 aliphatic carbocycles. The second-order valence-electron chi connectivity index (χ2n) is 11.4. The third kappa shape index (κ3) is 3.27. The Morgan fingerprint density at radius 3 is 2.41 bits per heavy atom. The molecule has 3 heteroatoms. The van der Waals surface area contributed by atoms with Crippen molar-refractivity contribution in [1.29, 1.82) is 0 Å². The van der Waals surface area contributed by atoms with Gasteiger partial charge in [-0.15, -0.1) is 0 Å². The SMILES string of the molecule is CC(CC[C@@H]1[C@@H](C)C(=O)C[C@H]2[C@@]1(C)CC[C@H]1C(C)(C)CCC[C@]21C)C(=O)O. The van der Waals surface area contributed by atoms with E-state index in [1.807, 2.05) is 0 Å².